The summed E-state index contributed by atoms with van der Waals surface area (Å²) in [7, 11) is 3.47. The van der Waals surface area contributed by atoms with Crippen molar-refractivity contribution >= 4 is 35.8 Å². The number of nitrogens with zero attached hydrogens (tertiary/aromatic N) is 2. The topological polar surface area (TPSA) is 56.7 Å². The van der Waals surface area contributed by atoms with Gasteiger partial charge < -0.3 is 15.5 Å². The number of hydrogen-bond donors (Lipinski definition) is 2. The molecule has 24 heavy (non-hydrogen) atoms. The molecule has 0 aliphatic heterocycles. The lowest BCUT2D eigenvalue weighted by Crippen LogP contribution is -2.38. The van der Waals surface area contributed by atoms with Crippen molar-refractivity contribution in [1.82, 2.24) is 15.5 Å². The molecule has 0 unspecified atom stereocenters. The Hall–Kier alpha value is -1.38. The molecule has 5 nitrogen and oxygen atoms in total. The van der Waals surface area contributed by atoms with E-state index in [2.05, 4.69) is 15.6 Å². The fraction of sp³-hybridized carbons (Fsp3) is 0.529. The van der Waals surface area contributed by atoms with Gasteiger partial charge in [-0.2, -0.15) is 0 Å². The van der Waals surface area contributed by atoms with Gasteiger partial charge in [0.25, 0.3) is 0 Å². The lowest BCUT2D eigenvalue weighted by atomic mass is 10.1. The van der Waals surface area contributed by atoms with E-state index in [-0.39, 0.29) is 35.7 Å². The van der Waals surface area contributed by atoms with Gasteiger partial charge in [-0.25, -0.2) is 4.39 Å². The Labute approximate surface area is 161 Å². The maximum absolute atomic E-state index is 13.1. The fourth-order valence-corrected chi connectivity index (χ4v) is 2.08. The smallest absolute Gasteiger partial charge is 0.223 e. The molecule has 0 bridgehead atoms. The van der Waals surface area contributed by atoms with Crippen molar-refractivity contribution < 1.29 is 9.18 Å². The summed E-state index contributed by atoms with van der Waals surface area (Å²) in [4.78, 5) is 17.5. The molecule has 7 heteroatoms. The highest BCUT2D eigenvalue weighted by atomic mass is 127. The minimum atomic E-state index is -0.209. The SMILES string of the molecule is CCNC(=NCCC(=O)N(C)C)NCCc1ccc(F)cc1C.I. The van der Waals surface area contributed by atoms with Crippen LogP contribution in [0, 0.1) is 12.7 Å². The highest BCUT2D eigenvalue weighted by Gasteiger charge is 2.04. The molecular formula is C17H28FIN4O. The van der Waals surface area contributed by atoms with Gasteiger partial charge in [0.2, 0.25) is 5.91 Å². The zero-order valence-corrected chi connectivity index (χ0v) is 17.2. The van der Waals surface area contributed by atoms with Gasteiger partial charge in [0, 0.05) is 33.6 Å². The lowest BCUT2D eigenvalue weighted by Gasteiger charge is -2.13. The number of carbonyl (C=O) groups is 1. The normalized spacial score (nSPS) is 10.8. The Morgan fingerprint density at radius 3 is 2.58 bits per heavy atom. The minimum absolute atomic E-state index is 0. The van der Waals surface area contributed by atoms with Crippen molar-refractivity contribution in [2.75, 3.05) is 33.7 Å². The summed E-state index contributed by atoms with van der Waals surface area (Å²) in [5.74, 6) is 0.546. The fourth-order valence-electron chi connectivity index (χ4n) is 2.08. The second kappa shape index (κ2) is 12.0. The van der Waals surface area contributed by atoms with Crippen molar-refractivity contribution in [3.63, 3.8) is 0 Å². The molecule has 0 aromatic heterocycles. The molecule has 0 saturated heterocycles. The van der Waals surface area contributed by atoms with E-state index in [0.29, 0.717) is 25.5 Å². The van der Waals surface area contributed by atoms with E-state index in [9.17, 15) is 9.18 Å². The first-order chi connectivity index (χ1) is 10.9. The second-order valence-electron chi connectivity index (χ2n) is 5.55. The maximum atomic E-state index is 13.1. The van der Waals surface area contributed by atoms with Gasteiger partial charge in [0.05, 0.1) is 6.54 Å². The number of benzene rings is 1. The van der Waals surface area contributed by atoms with Crippen molar-refractivity contribution in [1.29, 1.82) is 0 Å². The molecule has 1 rings (SSSR count). The first-order valence-electron chi connectivity index (χ1n) is 7.91. The van der Waals surface area contributed by atoms with Crippen LogP contribution in [0.25, 0.3) is 0 Å². The molecule has 0 heterocycles. The number of nitrogens with one attached hydrogen (secondary N) is 2. The lowest BCUT2D eigenvalue weighted by molar-refractivity contribution is -0.128. The van der Waals surface area contributed by atoms with E-state index in [1.807, 2.05) is 19.9 Å². The number of carbonyl (C=O) groups excluding carboxylic acids is 1. The van der Waals surface area contributed by atoms with Gasteiger partial charge >= 0.3 is 0 Å². The summed E-state index contributed by atoms with van der Waals surface area (Å²) >= 11 is 0. The largest absolute Gasteiger partial charge is 0.357 e. The predicted molar refractivity (Wildman–Crippen MR) is 108 cm³/mol. The molecule has 2 N–H and O–H groups in total. The maximum Gasteiger partial charge on any atom is 0.223 e. The van der Waals surface area contributed by atoms with Crippen LogP contribution in [-0.2, 0) is 11.2 Å². The van der Waals surface area contributed by atoms with Crippen LogP contribution in [0.15, 0.2) is 23.2 Å². The Balaban J connectivity index is 0.00000529. The van der Waals surface area contributed by atoms with Gasteiger partial charge in [-0.05, 0) is 43.5 Å². The van der Waals surface area contributed by atoms with Crippen LogP contribution in [0.2, 0.25) is 0 Å². The van der Waals surface area contributed by atoms with Crippen LogP contribution in [0.5, 0.6) is 0 Å². The molecule has 0 spiro atoms. The molecule has 1 aromatic carbocycles. The first kappa shape index (κ1) is 22.6. The van der Waals surface area contributed by atoms with E-state index in [0.717, 1.165) is 24.1 Å². The van der Waals surface area contributed by atoms with Crippen molar-refractivity contribution in [2.45, 2.75) is 26.7 Å². The van der Waals surface area contributed by atoms with Crippen LogP contribution >= 0.6 is 24.0 Å². The van der Waals surface area contributed by atoms with Gasteiger partial charge in [-0.3, -0.25) is 9.79 Å². The van der Waals surface area contributed by atoms with Crippen LogP contribution in [0.1, 0.15) is 24.5 Å². The Bertz CT molecular complexity index is 549. The Morgan fingerprint density at radius 1 is 1.29 bits per heavy atom. The second-order valence-corrected chi connectivity index (χ2v) is 5.55. The van der Waals surface area contributed by atoms with E-state index in [4.69, 9.17) is 0 Å². The molecule has 1 amide bonds. The summed E-state index contributed by atoms with van der Waals surface area (Å²) in [6.07, 6.45) is 1.17. The summed E-state index contributed by atoms with van der Waals surface area (Å²) in [5, 5.41) is 6.38. The Morgan fingerprint density at radius 2 is 2.00 bits per heavy atom. The Kier molecular flexibility index (Phi) is 11.4. The van der Waals surface area contributed by atoms with Crippen molar-refractivity contribution in [2.24, 2.45) is 4.99 Å². The summed E-state index contributed by atoms with van der Waals surface area (Å²) in [6, 6.07) is 4.84. The van der Waals surface area contributed by atoms with E-state index in [1.54, 1.807) is 25.1 Å². The number of halogens is 2. The van der Waals surface area contributed by atoms with Crippen molar-refractivity contribution in [3.05, 3.63) is 35.1 Å². The third-order valence-corrected chi connectivity index (χ3v) is 3.43. The summed E-state index contributed by atoms with van der Waals surface area (Å²) in [5.41, 5.74) is 2.06. The van der Waals surface area contributed by atoms with Gasteiger partial charge in [-0.1, -0.05) is 6.07 Å². The zero-order chi connectivity index (χ0) is 17.2. The summed E-state index contributed by atoms with van der Waals surface area (Å²) < 4.78 is 13.1. The van der Waals surface area contributed by atoms with E-state index < -0.39 is 0 Å². The van der Waals surface area contributed by atoms with Crippen LogP contribution in [0.3, 0.4) is 0 Å². The quantitative estimate of drug-likeness (QED) is 0.381. The third-order valence-electron chi connectivity index (χ3n) is 3.43. The standard InChI is InChI=1S/C17H27FN4O.HI/c1-5-19-17(21-11-9-16(23)22(3)4)20-10-8-14-6-7-15(18)12-13(14)2;/h6-7,12H,5,8-11H2,1-4H3,(H2,19,20,21);1H. The van der Waals surface area contributed by atoms with E-state index >= 15 is 0 Å². The average Bonchev–Trinajstić information content (AvgIpc) is 2.49. The molecule has 0 aliphatic carbocycles. The van der Waals surface area contributed by atoms with Gasteiger partial charge in [0.15, 0.2) is 5.96 Å². The van der Waals surface area contributed by atoms with Crippen LogP contribution < -0.4 is 10.6 Å². The number of aliphatic imine (C=N–C) groups is 1. The number of aryl methyl sites for hydroxylation is 1. The molecule has 136 valence electrons. The molecule has 0 fully saturated rings. The molecule has 0 atom stereocenters. The third kappa shape index (κ3) is 8.47. The molecule has 1 aromatic rings. The van der Waals surface area contributed by atoms with Gasteiger partial charge in [0.1, 0.15) is 5.82 Å². The minimum Gasteiger partial charge on any atom is -0.357 e. The number of guanidine groups is 1. The highest BCUT2D eigenvalue weighted by molar-refractivity contribution is 14.0. The van der Waals surface area contributed by atoms with E-state index in [1.165, 1.54) is 6.07 Å². The monoisotopic (exact) mass is 450 g/mol. The molecule has 0 saturated carbocycles. The first-order valence-corrected chi connectivity index (χ1v) is 7.91. The molecular weight excluding hydrogens is 422 g/mol. The molecule has 0 aliphatic rings. The average molecular weight is 450 g/mol. The number of rotatable bonds is 7. The molecule has 0 radical (unpaired) electrons. The van der Waals surface area contributed by atoms with Gasteiger partial charge in [-0.15, -0.1) is 24.0 Å². The van der Waals surface area contributed by atoms with Crippen LogP contribution in [-0.4, -0.2) is 50.5 Å². The van der Waals surface area contributed by atoms with Crippen LogP contribution in [0.4, 0.5) is 4.39 Å². The number of amides is 1. The zero-order valence-electron chi connectivity index (χ0n) is 14.9. The summed E-state index contributed by atoms with van der Waals surface area (Å²) in [6.45, 7) is 5.79. The highest BCUT2D eigenvalue weighted by Crippen LogP contribution is 2.10. The van der Waals surface area contributed by atoms with Crippen molar-refractivity contribution in [3.8, 4) is 0 Å². The number of hydrogen-bond acceptors (Lipinski definition) is 2. The predicted octanol–water partition coefficient (Wildman–Crippen LogP) is 2.33.